The number of piperidine rings is 1. The van der Waals surface area contributed by atoms with Crippen LogP contribution in [0, 0.1) is 5.92 Å². The van der Waals surface area contributed by atoms with E-state index in [4.69, 9.17) is 4.74 Å². The lowest BCUT2D eigenvalue weighted by atomic mass is 9.98. The van der Waals surface area contributed by atoms with E-state index in [2.05, 4.69) is 5.32 Å². The Morgan fingerprint density at radius 3 is 2.67 bits per heavy atom. The number of carbonyl (C=O) groups excluding carboxylic acids is 2. The van der Waals surface area contributed by atoms with Crippen LogP contribution in [0.4, 0.5) is 0 Å². The summed E-state index contributed by atoms with van der Waals surface area (Å²) in [5.74, 6) is -0.131. The van der Waals surface area contributed by atoms with Crippen molar-refractivity contribution in [2.24, 2.45) is 5.92 Å². The van der Waals surface area contributed by atoms with E-state index in [0.29, 0.717) is 6.61 Å². The van der Waals surface area contributed by atoms with Crippen LogP contribution in [0.15, 0.2) is 0 Å². The summed E-state index contributed by atoms with van der Waals surface area (Å²) in [6.45, 7) is 4.01. The van der Waals surface area contributed by atoms with Gasteiger partial charge in [-0.15, -0.1) is 0 Å². The highest BCUT2D eigenvalue weighted by Gasteiger charge is 2.37. The minimum absolute atomic E-state index is 0.0359. The van der Waals surface area contributed by atoms with E-state index < -0.39 is 0 Å². The predicted octanol–water partition coefficient (Wildman–Crippen LogP) is 0.540. The van der Waals surface area contributed by atoms with Crippen molar-refractivity contribution in [3.05, 3.63) is 0 Å². The SMILES string of the molecule is CCOC(=O)CN(C(=O)[C@H]1CCCNC1)C1CC1. The Morgan fingerprint density at radius 1 is 1.33 bits per heavy atom. The quantitative estimate of drug-likeness (QED) is 0.728. The summed E-state index contributed by atoms with van der Waals surface area (Å²) in [7, 11) is 0. The third kappa shape index (κ3) is 3.45. The molecule has 18 heavy (non-hydrogen) atoms. The summed E-state index contributed by atoms with van der Waals surface area (Å²) in [5, 5.41) is 3.24. The molecule has 1 amide bonds. The molecule has 0 bridgehead atoms. The Labute approximate surface area is 108 Å². The molecule has 1 saturated heterocycles. The number of ether oxygens (including phenoxy) is 1. The number of nitrogens with zero attached hydrogens (tertiary/aromatic N) is 1. The van der Waals surface area contributed by atoms with E-state index in [1.165, 1.54) is 0 Å². The van der Waals surface area contributed by atoms with Gasteiger partial charge in [-0.25, -0.2) is 0 Å². The van der Waals surface area contributed by atoms with E-state index in [0.717, 1.165) is 38.8 Å². The van der Waals surface area contributed by atoms with E-state index in [1.807, 2.05) is 0 Å². The van der Waals surface area contributed by atoms with Crippen LogP contribution in [-0.4, -0.2) is 49.1 Å². The Kier molecular flexibility index (Phi) is 4.58. The van der Waals surface area contributed by atoms with Crippen molar-refractivity contribution < 1.29 is 14.3 Å². The normalized spacial score (nSPS) is 23.5. The lowest BCUT2D eigenvalue weighted by molar-refractivity contribution is -0.151. The van der Waals surface area contributed by atoms with Crippen LogP contribution in [0.2, 0.25) is 0 Å². The standard InChI is InChI=1S/C13H22N2O3/c1-2-18-12(16)9-15(11-5-6-11)13(17)10-4-3-7-14-8-10/h10-11,14H,2-9H2,1H3/t10-/m0/s1. The fraction of sp³-hybridized carbons (Fsp3) is 0.846. The van der Waals surface area contributed by atoms with Gasteiger partial charge in [-0.2, -0.15) is 0 Å². The number of hydrogen-bond donors (Lipinski definition) is 1. The maximum absolute atomic E-state index is 12.4. The molecule has 2 rings (SSSR count). The van der Waals surface area contributed by atoms with Gasteiger partial charge in [0, 0.05) is 12.6 Å². The summed E-state index contributed by atoms with van der Waals surface area (Å²) < 4.78 is 4.94. The Balaban J connectivity index is 1.91. The Hall–Kier alpha value is -1.10. The van der Waals surface area contributed by atoms with Gasteiger partial charge in [0.05, 0.1) is 12.5 Å². The summed E-state index contributed by atoms with van der Waals surface area (Å²) in [6, 6.07) is 0.267. The zero-order valence-corrected chi connectivity index (χ0v) is 11.0. The smallest absolute Gasteiger partial charge is 0.325 e. The number of hydrogen-bond acceptors (Lipinski definition) is 4. The molecule has 1 atom stereocenters. The van der Waals surface area contributed by atoms with E-state index in [9.17, 15) is 9.59 Å². The molecule has 0 spiro atoms. The average Bonchev–Trinajstić information content (AvgIpc) is 3.21. The summed E-state index contributed by atoms with van der Waals surface area (Å²) in [4.78, 5) is 25.7. The van der Waals surface area contributed by atoms with Gasteiger partial charge in [-0.3, -0.25) is 9.59 Å². The molecule has 2 aliphatic rings. The second kappa shape index (κ2) is 6.18. The first-order valence-electron chi connectivity index (χ1n) is 6.89. The maximum atomic E-state index is 12.4. The first-order chi connectivity index (χ1) is 8.72. The second-order valence-electron chi connectivity index (χ2n) is 5.05. The second-order valence-corrected chi connectivity index (χ2v) is 5.05. The molecule has 0 unspecified atom stereocenters. The van der Waals surface area contributed by atoms with Gasteiger partial charge in [0.15, 0.2) is 0 Å². The molecule has 5 nitrogen and oxygen atoms in total. The molecule has 0 radical (unpaired) electrons. The minimum atomic E-state index is -0.290. The molecule has 0 aromatic rings. The molecule has 1 aliphatic carbocycles. The van der Waals surface area contributed by atoms with E-state index >= 15 is 0 Å². The van der Waals surface area contributed by atoms with Crippen molar-refractivity contribution in [2.75, 3.05) is 26.2 Å². The van der Waals surface area contributed by atoms with Crippen LogP contribution in [0.25, 0.3) is 0 Å². The number of nitrogens with one attached hydrogen (secondary N) is 1. The molecule has 2 fully saturated rings. The van der Waals surface area contributed by atoms with Gasteiger partial charge in [-0.05, 0) is 39.2 Å². The summed E-state index contributed by atoms with van der Waals surface area (Å²) in [5.41, 5.74) is 0. The zero-order chi connectivity index (χ0) is 13.0. The molecular weight excluding hydrogens is 232 g/mol. The average molecular weight is 254 g/mol. The van der Waals surface area contributed by atoms with Gasteiger partial charge >= 0.3 is 5.97 Å². The fourth-order valence-electron chi connectivity index (χ4n) is 2.42. The highest BCUT2D eigenvalue weighted by molar-refractivity contribution is 5.84. The highest BCUT2D eigenvalue weighted by Crippen LogP contribution is 2.29. The van der Waals surface area contributed by atoms with Gasteiger partial charge in [-0.1, -0.05) is 0 Å². The van der Waals surface area contributed by atoms with Crippen LogP contribution in [0.5, 0.6) is 0 Å². The lowest BCUT2D eigenvalue weighted by Gasteiger charge is -2.29. The van der Waals surface area contributed by atoms with Crippen LogP contribution in [0.1, 0.15) is 32.6 Å². The third-order valence-corrected chi connectivity index (χ3v) is 3.52. The molecule has 102 valence electrons. The highest BCUT2D eigenvalue weighted by atomic mass is 16.5. The van der Waals surface area contributed by atoms with E-state index in [1.54, 1.807) is 11.8 Å². The lowest BCUT2D eigenvalue weighted by Crippen LogP contribution is -2.46. The van der Waals surface area contributed by atoms with Gasteiger partial charge in [0.2, 0.25) is 5.91 Å². The predicted molar refractivity (Wildman–Crippen MR) is 67.0 cm³/mol. The topological polar surface area (TPSA) is 58.6 Å². The third-order valence-electron chi connectivity index (χ3n) is 3.52. The molecule has 1 heterocycles. The van der Waals surface area contributed by atoms with Crippen molar-refractivity contribution in [3.63, 3.8) is 0 Å². The van der Waals surface area contributed by atoms with Crippen molar-refractivity contribution in [3.8, 4) is 0 Å². The Morgan fingerprint density at radius 2 is 2.11 bits per heavy atom. The zero-order valence-electron chi connectivity index (χ0n) is 11.0. The van der Waals surface area contributed by atoms with Gasteiger partial charge in [0.1, 0.15) is 6.54 Å². The maximum Gasteiger partial charge on any atom is 0.325 e. The number of esters is 1. The number of carbonyl (C=O) groups is 2. The molecule has 1 N–H and O–H groups in total. The molecule has 5 heteroatoms. The van der Waals surface area contributed by atoms with Crippen LogP contribution >= 0.6 is 0 Å². The minimum Gasteiger partial charge on any atom is -0.465 e. The first-order valence-corrected chi connectivity index (χ1v) is 6.89. The van der Waals surface area contributed by atoms with Crippen LogP contribution in [-0.2, 0) is 14.3 Å². The first kappa shape index (κ1) is 13.3. The molecule has 0 aromatic carbocycles. The summed E-state index contributed by atoms with van der Waals surface area (Å²) in [6.07, 6.45) is 4.00. The van der Waals surface area contributed by atoms with Gasteiger partial charge < -0.3 is 15.0 Å². The van der Waals surface area contributed by atoms with Gasteiger partial charge in [0.25, 0.3) is 0 Å². The number of amides is 1. The van der Waals surface area contributed by atoms with Crippen LogP contribution < -0.4 is 5.32 Å². The van der Waals surface area contributed by atoms with E-state index in [-0.39, 0.29) is 30.4 Å². The fourth-order valence-corrected chi connectivity index (χ4v) is 2.42. The number of rotatable bonds is 5. The molecule has 0 aromatic heterocycles. The van der Waals surface area contributed by atoms with Crippen molar-refractivity contribution in [1.29, 1.82) is 0 Å². The van der Waals surface area contributed by atoms with Crippen molar-refractivity contribution >= 4 is 11.9 Å². The molecule has 1 saturated carbocycles. The summed E-state index contributed by atoms with van der Waals surface area (Å²) >= 11 is 0. The molecular formula is C13H22N2O3. The molecule has 1 aliphatic heterocycles. The van der Waals surface area contributed by atoms with Crippen LogP contribution in [0.3, 0.4) is 0 Å². The largest absolute Gasteiger partial charge is 0.465 e. The van der Waals surface area contributed by atoms with Crippen molar-refractivity contribution in [1.82, 2.24) is 10.2 Å². The monoisotopic (exact) mass is 254 g/mol. The van der Waals surface area contributed by atoms with Crippen molar-refractivity contribution in [2.45, 2.75) is 38.6 Å². The Bertz CT molecular complexity index is 309.